The van der Waals surface area contributed by atoms with Crippen molar-refractivity contribution in [3.8, 4) is 11.5 Å². The van der Waals surface area contributed by atoms with Gasteiger partial charge in [0.2, 0.25) is 0 Å². The molecule has 3 aromatic carbocycles. The Morgan fingerprint density at radius 2 is 1.65 bits per heavy atom. The number of carbonyl (C=O) groups excluding carboxylic acids is 1. The number of carbonyl (C=O) groups is 1. The van der Waals surface area contributed by atoms with Crippen LogP contribution in [0.5, 0.6) is 11.5 Å². The van der Waals surface area contributed by atoms with Crippen molar-refractivity contribution in [2.24, 2.45) is 0 Å². The van der Waals surface area contributed by atoms with Gasteiger partial charge in [0.05, 0.1) is 20.3 Å². The van der Waals surface area contributed by atoms with Crippen LogP contribution in [0.15, 0.2) is 83.0 Å². The van der Waals surface area contributed by atoms with E-state index >= 15 is 0 Å². The predicted octanol–water partition coefficient (Wildman–Crippen LogP) is 5.52. The van der Waals surface area contributed by atoms with E-state index in [-0.39, 0.29) is 5.76 Å². The molecule has 0 fully saturated rings. The SMILES string of the molecule is COc1ccc(C2=C(O)C(=O)N(Cc3cccc(OC)c3)C2c2cccc(Br)c2)cc1. The molecule has 4 rings (SSSR count). The van der Waals surface area contributed by atoms with Gasteiger partial charge in [0, 0.05) is 16.6 Å². The van der Waals surface area contributed by atoms with Gasteiger partial charge in [0.25, 0.3) is 5.91 Å². The summed E-state index contributed by atoms with van der Waals surface area (Å²) in [5.41, 5.74) is 3.16. The second kappa shape index (κ2) is 8.86. The molecule has 1 heterocycles. The van der Waals surface area contributed by atoms with Gasteiger partial charge in [-0.15, -0.1) is 0 Å². The van der Waals surface area contributed by atoms with E-state index in [1.165, 1.54) is 0 Å². The molecule has 3 aromatic rings. The molecule has 1 amide bonds. The highest BCUT2D eigenvalue weighted by Gasteiger charge is 2.41. The summed E-state index contributed by atoms with van der Waals surface area (Å²) in [6.07, 6.45) is 0. The Hall–Kier alpha value is -3.25. The molecule has 1 aliphatic rings. The highest BCUT2D eigenvalue weighted by atomic mass is 79.9. The van der Waals surface area contributed by atoms with E-state index in [9.17, 15) is 9.90 Å². The predicted molar refractivity (Wildman–Crippen MR) is 123 cm³/mol. The third-order valence-corrected chi connectivity index (χ3v) is 5.85. The number of ether oxygens (including phenoxy) is 2. The van der Waals surface area contributed by atoms with Gasteiger partial charge in [0.1, 0.15) is 11.5 Å². The summed E-state index contributed by atoms with van der Waals surface area (Å²) in [5.74, 6) is 0.785. The van der Waals surface area contributed by atoms with Crippen LogP contribution in [-0.4, -0.2) is 30.1 Å². The molecule has 1 unspecified atom stereocenters. The Labute approximate surface area is 189 Å². The first-order valence-corrected chi connectivity index (χ1v) is 10.6. The minimum atomic E-state index is -0.440. The Morgan fingerprint density at radius 1 is 0.935 bits per heavy atom. The highest BCUT2D eigenvalue weighted by molar-refractivity contribution is 9.10. The molecule has 0 saturated heterocycles. The molecule has 6 heteroatoms. The summed E-state index contributed by atoms with van der Waals surface area (Å²) < 4.78 is 11.5. The average Bonchev–Trinajstić information content (AvgIpc) is 3.04. The number of methoxy groups -OCH3 is 2. The molecule has 0 aromatic heterocycles. The van der Waals surface area contributed by atoms with E-state index in [0.29, 0.717) is 17.9 Å². The van der Waals surface area contributed by atoms with Gasteiger partial charge in [0.15, 0.2) is 5.76 Å². The Balaban J connectivity index is 1.80. The molecule has 0 bridgehead atoms. The summed E-state index contributed by atoms with van der Waals surface area (Å²) in [4.78, 5) is 14.9. The summed E-state index contributed by atoms with van der Waals surface area (Å²) in [5, 5.41) is 10.9. The molecule has 0 saturated carbocycles. The number of rotatable bonds is 6. The van der Waals surface area contributed by atoms with Gasteiger partial charge in [-0.05, 0) is 53.1 Å². The smallest absolute Gasteiger partial charge is 0.290 e. The second-order valence-corrected chi connectivity index (χ2v) is 8.15. The first kappa shape index (κ1) is 21.0. The lowest BCUT2D eigenvalue weighted by molar-refractivity contribution is -0.130. The number of amides is 1. The molecule has 31 heavy (non-hydrogen) atoms. The van der Waals surface area contributed by atoms with Gasteiger partial charge in [-0.2, -0.15) is 0 Å². The fourth-order valence-electron chi connectivity index (χ4n) is 3.87. The standard InChI is InChI=1S/C25H22BrNO4/c1-30-20-11-9-17(10-12-20)22-23(18-6-4-7-19(26)14-18)27(25(29)24(22)28)15-16-5-3-8-21(13-16)31-2/h3-14,23,28H,15H2,1-2H3. The van der Waals surface area contributed by atoms with Crippen LogP contribution in [-0.2, 0) is 11.3 Å². The van der Waals surface area contributed by atoms with Crippen molar-refractivity contribution >= 4 is 27.4 Å². The van der Waals surface area contributed by atoms with Crippen LogP contribution in [0.1, 0.15) is 22.7 Å². The highest BCUT2D eigenvalue weighted by Crippen LogP contribution is 2.44. The van der Waals surface area contributed by atoms with Crippen LogP contribution in [0.2, 0.25) is 0 Å². The zero-order valence-electron chi connectivity index (χ0n) is 17.2. The topological polar surface area (TPSA) is 59.0 Å². The van der Waals surface area contributed by atoms with Crippen molar-refractivity contribution in [1.82, 2.24) is 4.90 Å². The van der Waals surface area contributed by atoms with Gasteiger partial charge < -0.3 is 19.5 Å². The number of hydrogen-bond acceptors (Lipinski definition) is 4. The van der Waals surface area contributed by atoms with E-state index in [2.05, 4.69) is 15.9 Å². The number of nitrogens with zero attached hydrogens (tertiary/aromatic N) is 1. The third-order valence-electron chi connectivity index (χ3n) is 5.36. The van der Waals surface area contributed by atoms with Crippen molar-refractivity contribution in [3.05, 3.63) is 99.7 Å². The van der Waals surface area contributed by atoms with Crippen LogP contribution < -0.4 is 9.47 Å². The van der Waals surface area contributed by atoms with Crippen molar-refractivity contribution in [2.45, 2.75) is 12.6 Å². The lowest BCUT2D eigenvalue weighted by Gasteiger charge is -2.28. The molecule has 158 valence electrons. The molecule has 5 nitrogen and oxygen atoms in total. The number of benzene rings is 3. The zero-order valence-corrected chi connectivity index (χ0v) is 18.8. The largest absolute Gasteiger partial charge is 0.503 e. The summed E-state index contributed by atoms with van der Waals surface area (Å²) >= 11 is 3.53. The first-order chi connectivity index (χ1) is 15.0. The van der Waals surface area contributed by atoms with Gasteiger partial charge >= 0.3 is 0 Å². The van der Waals surface area contributed by atoms with Crippen molar-refractivity contribution in [2.75, 3.05) is 14.2 Å². The van der Waals surface area contributed by atoms with Crippen LogP contribution in [0.25, 0.3) is 5.57 Å². The molecular formula is C25H22BrNO4. The van der Waals surface area contributed by atoms with Gasteiger partial charge in [-0.3, -0.25) is 4.79 Å². The lowest BCUT2D eigenvalue weighted by atomic mass is 9.93. The minimum Gasteiger partial charge on any atom is -0.503 e. The molecule has 0 spiro atoms. The molecule has 1 aliphatic heterocycles. The van der Waals surface area contributed by atoms with E-state index in [1.807, 2.05) is 72.8 Å². The summed E-state index contributed by atoms with van der Waals surface area (Å²) in [6.45, 7) is 0.330. The van der Waals surface area contributed by atoms with Crippen LogP contribution >= 0.6 is 15.9 Å². The van der Waals surface area contributed by atoms with E-state index in [4.69, 9.17) is 9.47 Å². The van der Waals surface area contributed by atoms with Gasteiger partial charge in [-0.1, -0.05) is 52.3 Å². The molecule has 0 aliphatic carbocycles. The molecule has 1 atom stereocenters. The lowest BCUT2D eigenvalue weighted by Crippen LogP contribution is -2.29. The number of aliphatic hydroxyl groups excluding tert-OH is 1. The maximum absolute atomic E-state index is 13.2. The van der Waals surface area contributed by atoms with E-state index in [0.717, 1.165) is 26.9 Å². The molecule has 1 N–H and O–H groups in total. The third kappa shape index (κ3) is 4.16. The molecule has 0 radical (unpaired) electrons. The van der Waals surface area contributed by atoms with Crippen molar-refractivity contribution in [1.29, 1.82) is 0 Å². The fourth-order valence-corrected chi connectivity index (χ4v) is 4.29. The maximum Gasteiger partial charge on any atom is 0.290 e. The minimum absolute atomic E-state index is 0.238. The monoisotopic (exact) mass is 479 g/mol. The fraction of sp³-hybridized carbons (Fsp3) is 0.160. The number of halogens is 1. The Kier molecular flexibility index (Phi) is 6.00. The van der Waals surface area contributed by atoms with Crippen molar-refractivity contribution < 1.29 is 19.4 Å². The van der Waals surface area contributed by atoms with E-state index < -0.39 is 11.9 Å². The normalized spacial score (nSPS) is 16.0. The average molecular weight is 480 g/mol. The summed E-state index contributed by atoms with van der Waals surface area (Å²) in [7, 11) is 3.21. The number of aliphatic hydroxyl groups is 1. The Bertz CT molecular complexity index is 1140. The Morgan fingerprint density at radius 3 is 2.32 bits per heavy atom. The molecular weight excluding hydrogens is 458 g/mol. The number of hydrogen-bond donors (Lipinski definition) is 1. The maximum atomic E-state index is 13.2. The zero-order chi connectivity index (χ0) is 22.0. The van der Waals surface area contributed by atoms with Crippen LogP contribution in [0.3, 0.4) is 0 Å². The van der Waals surface area contributed by atoms with Crippen LogP contribution in [0, 0.1) is 0 Å². The quantitative estimate of drug-likeness (QED) is 0.505. The first-order valence-electron chi connectivity index (χ1n) is 9.78. The van der Waals surface area contributed by atoms with Gasteiger partial charge in [-0.25, -0.2) is 0 Å². The van der Waals surface area contributed by atoms with Crippen molar-refractivity contribution in [3.63, 3.8) is 0 Å². The second-order valence-electron chi connectivity index (χ2n) is 7.23. The van der Waals surface area contributed by atoms with E-state index in [1.54, 1.807) is 19.1 Å². The summed E-state index contributed by atoms with van der Waals surface area (Å²) in [6, 6.07) is 22.3. The van der Waals surface area contributed by atoms with Crippen LogP contribution in [0.4, 0.5) is 0 Å².